The molecule has 68 heavy (non-hydrogen) atoms. The number of nitrogens with zero attached hydrogens (tertiary/aromatic N) is 3. The minimum absolute atomic E-state index is 0.0107. The van der Waals surface area contributed by atoms with Crippen LogP contribution in [0.15, 0.2) is 140 Å². The molecule has 0 N–H and O–H groups in total. The van der Waals surface area contributed by atoms with Crippen LogP contribution in [0.3, 0.4) is 0 Å². The van der Waals surface area contributed by atoms with Crippen molar-refractivity contribution in [1.82, 2.24) is 4.57 Å². The summed E-state index contributed by atoms with van der Waals surface area (Å²) in [6, 6.07) is 54.4. The van der Waals surface area contributed by atoms with Crippen LogP contribution in [0, 0.1) is 34.6 Å². The number of benzene rings is 8. The fraction of sp³-hybridized carbons (Fsp3) is 0.250. The zero-order valence-corrected chi connectivity index (χ0v) is 42.2. The van der Waals surface area contributed by atoms with Gasteiger partial charge in [0.25, 0.3) is 6.71 Å². The van der Waals surface area contributed by atoms with Crippen molar-refractivity contribution in [2.45, 2.75) is 106 Å². The van der Waals surface area contributed by atoms with E-state index in [1.807, 2.05) is 0 Å². The van der Waals surface area contributed by atoms with E-state index in [0.717, 1.165) is 0 Å². The molecule has 0 saturated carbocycles. The number of hydrogen-bond donors (Lipinski definition) is 0. The summed E-state index contributed by atoms with van der Waals surface area (Å²) in [5, 5.41) is 2.56. The highest BCUT2D eigenvalue weighted by molar-refractivity contribution is 7.00. The van der Waals surface area contributed by atoms with Crippen LogP contribution in [-0.4, -0.2) is 11.3 Å². The molecule has 3 aliphatic rings. The summed E-state index contributed by atoms with van der Waals surface area (Å²) in [7, 11) is 0. The Labute approximate surface area is 404 Å². The minimum Gasteiger partial charge on any atom is -0.311 e. The average Bonchev–Trinajstić information content (AvgIpc) is 3.72. The molecule has 8 aromatic carbocycles. The maximum absolute atomic E-state index is 2.66. The fourth-order valence-electron chi connectivity index (χ4n) is 12.5. The molecule has 0 bridgehead atoms. The predicted molar refractivity (Wildman–Crippen MR) is 293 cm³/mol. The summed E-state index contributed by atoms with van der Waals surface area (Å²) in [4.78, 5) is 5.29. The molecule has 336 valence electrons. The molecule has 0 atom stereocenters. The number of anilines is 6. The molecule has 0 saturated heterocycles. The van der Waals surface area contributed by atoms with Gasteiger partial charge in [-0.25, -0.2) is 0 Å². The Morgan fingerprint density at radius 2 is 1.07 bits per heavy atom. The largest absolute Gasteiger partial charge is 0.311 e. The Morgan fingerprint density at radius 3 is 1.78 bits per heavy atom. The van der Waals surface area contributed by atoms with E-state index in [9.17, 15) is 0 Å². The van der Waals surface area contributed by atoms with E-state index >= 15 is 0 Å². The summed E-state index contributed by atoms with van der Waals surface area (Å²) >= 11 is 0. The van der Waals surface area contributed by atoms with Crippen LogP contribution >= 0.6 is 0 Å². The summed E-state index contributed by atoms with van der Waals surface area (Å²) in [6.07, 6.45) is 0. The zero-order valence-electron chi connectivity index (χ0n) is 42.2. The van der Waals surface area contributed by atoms with Gasteiger partial charge >= 0.3 is 0 Å². The molecular weight excluding hydrogens is 822 g/mol. The molecule has 0 unspecified atom stereocenters. The molecule has 1 aromatic heterocycles. The van der Waals surface area contributed by atoms with E-state index in [2.05, 4.69) is 244 Å². The summed E-state index contributed by atoms with van der Waals surface area (Å²) in [5.74, 6) is 0. The number of rotatable bonds is 3. The van der Waals surface area contributed by atoms with Gasteiger partial charge in [0.05, 0.1) is 22.4 Å². The van der Waals surface area contributed by atoms with Crippen molar-refractivity contribution in [3.8, 4) is 16.8 Å². The highest BCUT2D eigenvalue weighted by atomic mass is 15.2. The van der Waals surface area contributed by atoms with Gasteiger partial charge in [-0.1, -0.05) is 152 Å². The van der Waals surface area contributed by atoms with E-state index in [4.69, 9.17) is 0 Å². The molecular formula is C64H62BN3. The van der Waals surface area contributed by atoms with Gasteiger partial charge in [0.1, 0.15) is 0 Å². The van der Waals surface area contributed by atoms with Crippen molar-refractivity contribution in [3.05, 3.63) is 190 Å². The second-order valence-corrected chi connectivity index (χ2v) is 23.0. The Balaban J connectivity index is 1.21. The monoisotopic (exact) mass is 884 g/mol. The summed E-state index contributed by atoms with van der Waals surface area (Å²) in [6.45, 7) is 30.3. The third kappa shape index (κ3) is 5.98. The molecule has 12 rings (SSSR count). The first-order valence-electron chi connectivity index (χ1n) is 24.7. The first-order valence-corrected chi connectivity index (χ1v) is 24.7. The molecule has 3 nitrogen and oxygen atoms in total. The van der Waals surface area contributed by atoms with E-state index in [0.29, 0.717) is 0 Å². The van der Waals surface area contributed by atoms with Crippen LogP contribution < -0.4 is 26.2 Å². The van der Waals surface area contributed by atoms with Crippen LogP contribution in [0.4, 0.5) is 34.1 Å². The van der Waals surface area contributed by atoms with Crippen molar-refractivity contribution >= 4 is 79.0 Å². The smallest absolute Gasteiger partial charge is 0.252 e. The normalized spacial score (nSPS) is 14.6. The Kier molecular flexibility index (Phi) is 9.00. The first kappa shape index (κ1) is 42.6. The van der Waals surface area contributed by atoms with Gasteiger partial charge in [0, 0.05) is 44.6 Å². The fourth-order valence-corrected chi connectivity index (χ4v) is 12.5. The van der Waals surface area contributed by atoms with Gasteiger partial charge in [-0.3, -0.25) is 0 Å². The number of aryl methyl sites for hydroxylation is 5. The third-order valence-corrected chi connectivity index (χ3v) is 15.9. The van der Waals surface area contributed by atoms with E-state index in [1.54, 1.807) is 0 Å². The Hall–Kier alpha value is -6.78. The van der Waals surface area contributed by atoms with Crippen LogP contribution in [0.2, 0.25) is 0 Å². The molecule has 9 aromatic rings. The molecule has 0 spiro atoms. The van der Waals surface area contributed by atoms with E-state index in [1.165, 1.54) is 139 Å². The summed E-state index contributed by atoms with van der Waals surface area (Å²) < 4.78 is 2.55. The van der Waals surface area contributed by atoms with Gasteiger partial charge < -0.3 is 14.4 Å². The molecule has 0 fully saturated rings. The third-order valence-electron chi connectivity index (χ3n) is 15.9. The maximum Gasteiger partial charge on any atom is 0.252 e. The zero-order chi connectivity index (χ0) is 47.5. The second-order valence-electron chi connectivity index (χ2n) is 23.0. The van der Waals surface area contributed by atoms with Crippen LogP contribution in [-0.2, 0) is 16.2 Å². The highest BCUT2D eigenvalue weighted by Crippen LogP contribution is 2.53. The lowest BCUT2D eigenvalue weighted by molar-refractivity contribution is 0.589. The van der Waals surface area contributed by atoms with Gasteiger partial charge in [0.15, 0.2) is 0 Å². The lowest BCUT2D eigenvalue weighted by atomic mass is 9.33. The number of hydrogen-bond acceptors (Lipinski definition) is 2. The van der Waals surface area contributed by atoms with Crippen molar-refractivity contribution in [2.24, 2.45) is 0 Å². The molecule has 1 aliphatic carbocycles. The predicted octanol–water partition coefficient (Wildman–Crippen LogP) is 15.3. The molecule has 0 amide bonds. The maximum atomic E-state index is 2.66. The topological polar surface area (TPSA) is 11.4 Å². The van der Waals surface area contributed by atoms with Crippen LogP contribution in [0.1, 0.15) is 105 Å². The lowest BCUT2D eigenvalue weighted by Gasteiger charge is -2.45. The lowest BCUT2D eigenvalue weighted by Crippen LogP contribution is -2.61. The minimum atomic E-state index is -0.131. The Morgan fingerprint density at radius 1 is 0.441 bits per heavy atom. The number of aromatic nitrogens is 1. The van der Waals surface area contributed by atoms with Crippen LogP contribution in [0.25, 0.3) is 38.6 Å². The standard InChI is InChI=1S/C64H62BN3/c1-37-29-57-59-58(30-37)68(61-40(4)31-43(32-41(61)5)63(9,10)11)56-36-54-48(47-22-15-17-24-53(47)67(54)60-38(2)19-18-20-39(60)3)35-52(56)65(59)51-28-25-42(62(6,7)8)33-55(51)66(57)44-26-27-46-45-21-14-16-23-49(45)64(12,13)50(46)34-44/h14-36H,1-13H3. The average molecular weight is 884 g/mol. The molecule has 3 heterocycles. The molecule has 0 radical (unpaired) electrons. The van der Waals surface area contributed by atoms with Crippen molar-refractivity contribution in [3.63, 3.8) is 0 Å². The molecule has 4 heteroatoms. The number of fused-ring (bicyclic) bond motifs is 10. The van der Waals surface area contributed by atoms with E-state index < -0.39 is 0 Å². The van der Waals surface area contributed by atoms with Crippen molar-refractivity contribution < 1.29 is 0 Å². The van der Waals surface area contributed by atoms with Gasteiger partial charge in [0.2, 0.25) is 0 Å². The van der Waals surface area contributed by atoms with Crippen LogP contribution in [0.5, 0.6) is 0 Å². The van der Waals surface area contributed by atoms with Crippen molar-refractivity contribution in [2.75, 3.05) is 9.80 Å². The van der Waals surface area contributed by atoms with Gasteiger partial charge in [-0.2, -0.15) is 0 Å². The second kappa shape index (κ2) is 14.4. The van der Waals surface area contributed by atoms with E-state index in [-0.39, 0.29) is 23.0 Å². The quantitative estimate of drug-likeness (QED) is 0.164. The SMILES string of the molecule is Cc1cc2c3c(c1)N(c1c(C)cc(C(C)(C)C)cc1C)c1cc4c(cc1B3c1ccc(C(C)(C)C)cc1N2c1ccc2c(c1)C(C)(C)c1ccccc1-2)c1ccccc1n4-c1c(C)cccc1C. The first-order chi connectivity index (χ1) is 32.3. The summed E-state index contributed by atoms with van der Waals surface area (Å²) in [5.41, 5.74) is 29.6. The molecule has 2 aliphatic heterocycles. The van der Waals surface area contributed by atoms with Crippen molar-refractivity contribution in [1.29, 1.82) is 0 Å². The Bertz CT molecular complexity index is 3600. The van der Waals surface area contributed by atoms with Gasteiger partial charge in [-0.05, 0) is 165 Å². The number of para-hydroxylation sites is 2. The highest BCUT2D eigenvalue weighted by Gasteiger charge is 2.45. The van der Waals surface area contributed by atoms with Gasteiger partial charge in [-0.15, -0.1) is 0 Å².